The third kappa shape index (κ3) is 17.4. The van der Waals surface area contributed by atoms with Crippen LogP contribution in [0.1, 0.15) is 97.3 Å². The minimum atomic E-state index is -0.248. The summed E-state index contributed by atoms with van der Waals surface area (Å²) in [5, 5.41) is 3.34. The van der Waals surface area contributed by atoms with Gasteiger partial charge in [-0.25, -0.2) is 0 Å². The Morgan fingerprint density at radius 1 is 0.957 bits per heavy atom. The lowest BCUT2D eigenvalue weighted by atomic mass is 10.00. The third-order valence-corrected chi connectivity index (χ3v) is 4.38. The van der Waals surface area contributed by atoms with E-state index < -0.39 is 0 Å². The molecule has 1 unspecified atom stereocenters. The molecule has 23 heavy (non-hydrogen) atoms. The van der Waals surface area contributed by atoms with E-state index in [-0.39, 0.29) is 5.91 Å². The summed E-state index contributed by atoms with van der Waals surface area (Å²) in [6, 6.07) is 0.458. The molecule has 0 spiro atoms. The molecular weight excluding hydrogens is 284 g/mol. The second kappa shape index (κ2) is 17.5. The van der Waals surface area contributed by atoms with Crippen LogP contribution in [0, 0.1) is 0 Å². The van der Waals surface area contributed by atoms with Gasteiger partial charge < -0.3 is 11.1 Å². The van der Waals surface area contributed by atoms with Gasteiger partial charge in [-0.3, -0.25) is 4.79 Å². The van der Waals surface area contributed by atoms with Crippen molar-refractivity contribution in [1.29, 1.82) is 0 Å². The van der Waals surface area contributed by atoms with Gasteiger partial charge in [0.2, 0.25) is 5.91 Å². The first-order chi connectivity index (χ1) is 11.2. The molecule has 3 N–H and O–H groups in total. The highest BCUT2D eigenvalue weighted by Gasteiger charge is 2.08. The lowest BCUT2D eigenvalue weighted by Crippen LogP contribution is -2.36. The molecule has 0 saturated carbocycles. The lowest BCUT2D eigenvalue weighted by Gasteiger charge is -2.18. The molecule has 0 aromatic carbocycles. The van der Waals surface area contributed by atoms with Crippen molar-refractivity contribution >= 4 is 5.91 Å². The second-order valence-corrected chi connectivity index (χ2v) is 6.66. The molecule has 1 atom stereocenters. The molecule has 0 aliphatic rings. The van der Waals surface area contributed by atoms with Gasteiger partial charge in [-0.05, 0) is 32.6 Å². The molecule has 0 rings (SSSR count). The number of allylic oxidation sites excluding steroid dienone is 2. The number of carbonyl (C=O) groups excluding carboxylic acids is 1. The normalized spacial score (nSPS) is 12.8. The van der Waals surface area contributed by atoms with Crippen LogP contribution in [0.3, 0.4) is 0 Å². The quantitative estimate of drug-likeness (QED) is 0.289. The van der Waals surface area contributed by atoms with Gasteiger partial charge in [-0.1, -0.05) is 76.9 Å². The molecular formula is C20H40N2O. The van der Waals surface area contributed by atoms with Crippen molar-refractivity contribution < 1.29 is 4.79 Å². The third-order valence-electron chi connectivity index (χ3n) is 4.38. The molecule has 0 heterocycles. The van der Waals surface area contributed by atoms with Crippen molar-refractivity contribution in [2.24, 2.45) is 5.73 Å². The zero-order valence-corrected chi connectivity index (χ0v) is 15.6. The van der Waals surface area contributed by atoms with Crippen LogP contribution in [-0.4, -0.2) is 18.5 Å². The van der Waals surface area contributed by atoms with E-state index in [0.717, 1.165) is 0 Å². The molecule has 0 fully saturated rings. The Morgan fingerprint density at radius 3 is 2.09 bits per heavy atom. The lowest BCUT2D eigenvalue weighted by molar-refractivity contribution is -0.117. The van der Waals surface area contributed by atoms with E-state index in [4.69, 9.17) is 5.73 Å². The average Bonchev–Trinajstić information content (AvgIpc) is 2.53. The molecule has 0 radical (unpaired) electrons. The zero-order valence-electron chi connectivity index (χ0n) is 15.6. The smallest absolute Gasteiger partial charge is 0.231 e. The van der Waals surface area contributed by atoms with Crippen molar-refractivity contribution in [1.82, 2.24) is 5.32 Å². The topological polar surface area (TPSA) is 55.1 Å². The van der Waals surface area contributed by atoms with Crippen molar-refractivity contribution in [3.8, 4) is 0 Å². The van der Waals surface area contributed by atoms with Gasteiger partial charge in [0.25, 0.3) is 0 Å². The molecule has 0 aromatic rings. The largest absolute Gasteiger partial charge is 0.369 e. The molecule has 0 aliphatic carbocycles. The number of primary amides is 1. The highest BCUT2D eigenvalue weighted by atomic mass is 16.1. The van der Waals surface area contributed by atoms with Crippen LogP contribution < -0.4 is 11.1 Å². The van der Waals surface area contributed by atoms with Gasteiger partial charge in [0.15, 0.2) is 0 Å². The summed E-state index contributed by atoms with van der Waals surface area (Å²) < 4.78 is 0. The first-order valence-electron chi connectivity index (χ1n) is 9.83. The minimum absolute atomic E-state index is 0.248. The molecule has 3 heteroatoms. The molecule has 3 nitrogen and oxygen atoms in total. The predicted octanol–water partition coefficient (Wildman–Crippen LogP) is 5.10. The SMILES string of the molecule is CC=CCCCCCC(CCCCCCCCC)NCC(N)=O. The number of nitrogens with one attached hydrogen (secondary N) is 1. The van der Waals surface area contributed by atoms with Crippen LogP contribution >= 0.6 is 0 Å². The fourth-order valence-corrected chi connectivity index (χ4v) is 2.94. The maximum absolute atomic E-state index is 11.0. The maximum Gasteiger partial charge on any atom is 0.231 e. The highest BCUT2D eigenvalue weighted by molar-refractivity contribution is 5.75. The van der Waals surface area contributed by atoms with Crippen LogP contribution in [0.4, 0.5) is 0 Å². The van der Waals surface area contributed by atoms with Crippen molar-refractivity contribution in [2.75, 3.05) is 6.54 Å². The Hall–Kier alpha value is -0.830. The number of amides is 1. The number of hydrogen-bond acceptors (Lipinski definition) is 2. The summed E-state index contributed by atoms with van der Waals surface area (Å²) in [6.07, 6.45) is 21.0. The first kappa shape index (κ1) is 22.2. The Kier molecular flexibility index (Phi) is 16.9. The van der Waals surface area contributed by atoms with E-state index >= 15 is 0 Å². The minimum Gasteiger partial charge on any atom is -0.369 e. The van der Waals surface area contributed by atoms with Crippen molar-refractivity contribution in [3.05, 3.63) is 12.2 Å². The number of carbonyl (C=O) groups is 1. The van der Waals surface area contributed by atoms with E-state index in [1.165, 1.54) is 83.5 Å². The van der Waals surface area contributed by atoms with Crippen LogP contribution in [0.25, 0.3) is 0 Å². The molecule has 0 aliphatic heterocycles. The number of rotatable bonds is 17. The monoisotopic (exact) mass is 324 g/mol. The average molecular weight is 325 g/mol. The fourth-order valence-electron chi connectivity index (χ4n) is 2.94. The summed E-state index contributed by atoms with van der Waals surface area (Å²) in [6.45, 7) is 4.65. The molecule has 136 valence electrons. The van der Waals surface area contributed by atoms with Gasteiger partial charge in [0.1, 0.15) is 0 Å². The van der Waals surface area contributed by atoms with Crippen molar-refractivity contribution in [3.63, 3.8) is 0 Å². The van der Waals surface area contributed by atoms with Gasteiger partial charge in [-0.2, -0.15) is 0 Å². The molecule has 1 amide bonds. The number of nitrogens with two attached hydrogens (primary N) is 1. The van der Waals surface area contributed by atoms with Crippen LogP contribution in [0.15, 0.2) is 12.2 Å². The van der Waals surface area contributed by atoms with Crippen LogP contribution in [0.5, 0.6) is 0 Å². The van der Waals surface area contributed by atoms with Gasteiger partial charge in [0, 0.05) is 6.04 Å². The van der Waals surface area contributed by atoms with Gasteiger partial charge in [-0.15, -0.1) is 0 Å². The standard InChI is InChI=1S/C20H40N2O/c1-3-5-7-9-11-13-15-17-19(22-18-20(21)23)16-14-12-10-8-6-4-2/h4,6,19,22H,3,5,7-18H2,1-2H3,(H2,21,23). The molecule has 0 aromatic heterocycles. The Bertz CT molecular complexity index is 289. The van der Waals surface area contributed by atoms with E-state index in [0.29, 0.717) is 12.6 Å². The Labute approximate surface area is 144 Å². The second-order valence-electron chi connectivity index (χ2n) is 6.66. The van der Waals surface area contributed by atoms with E-state index in [2.05, 4.69) is 31.3 Å². The fraction of sp³-hybridized carbons (Fsp3) is 0.850. The van der Waals surface area contributed by atoms with Gasteiger partial charge >= 0.3 is 0 Å². The Balaban J connectivity index is 3.75. The van der Waals surface area contributed by atoms with E-state index in [1.54, 1.807) is 0 Å². The number of hydrogen-bond donors (Lipinski definition) is 2. The highest BCUT2D eigenvalue weighted by Crippen LogP contribution is 2.14. The van der Waals surface area contributed by atoms with Crippen LogP contribution in [-0.2, 0) is 4.79 Å². The van der Waals surface area contributed by atoms with E-state index in [9.17, 15) is 4.79 Å². The number of unbranched alkanes of at least 4 members (excludes halogenated alkanes) is 9. The molecule has 0 saturated heterocycles. The Morgan fingerprint density at radius 2 is 1.52 bits per heavy atom. The van der Waals surface area contributed by atoms with Crippen LogP contribution in [0.2, 0.25) is 0 Å². The van der Waals surface area contributed by atoms with E-state index in [1.807, 2.05) is 0 Å². The van der Waals surface area contributed by atoms with Gasteiger partial charge in [0.05, 0.1) is 6.54 Å². The first-order valence-corrected chi connectivity index (χ1v) is 9.83. The van der Waals surface area contributed by atoms with Crippen molar-refractivity contribution in [2.45, 2.75) is 103 Å². The maximum atomic E-state index is 11.0. The predicted molar refractivity (Wildman–Crippen MR) is 101 cm³/mol. The summed E-state index contributed by atoms with van der Waals surface area (Å²) in [7, 11) is 0. The summed E-state index contributed by atoms with van der Waals surface area (Å²) >= 11 is 0. The summed E-state index contributed by atoms with van der Waals surface area (Å²) in [5.41, 5.74) is 5.26. The summed E-state index contributed by atoms with van der Waals surface area (Å²) in [5.74, 6) is -0.248. The summed E-state index contributed by atoms with van der Waals surface area (Å²) in [4.78, 5) is 11.0. The molecule has 0 bridgehead atoms. The zero-order chi connectivity index (χ0) is 17.2.